The fraction of sp³-hybridized carbons (Fsp3) is 0.375. The first-order chi connectivity index (χ1) is 16.3. The van der Waals surface area contributed by atoms with E-state index in [0.717, 1.165) is 32.1 Å². The molecule has 1 saturated carbocycles. The third-order valence-corrected chi connectivity index (χ3v) is 9.93. The molecule has 1 aliphatic carbocycles. The predicted molar refractivity (Wildman–Crippen MR) is 128 cm³/mol. The van der Waals surface area contributed by atoms with Crippen LogP contribution in [-0.2, 0) is 33.1 Å². The van der Waals surface area contributed by atoms with Crippen LogP contribution in [0.3, 0.4) is 0 Å². The lowest BCUT2D eigenvalue weighted by Crippen LogP contribution is -2.38. The Hall–Kier alpha value is -2.53. The predicted octanol–water partition coefficient (Wildman–Crippen LogP) is 4.02. The summed E-state index contributed by atoms with van der Waals surface area (Å²) in [6.45, 7) is 0.0741. The van der Waals surface area contributed by atoms with Gasteiger partial charge in [0.1, 0.15) is 5.76 Å². The first-order valence-corrected chi connectivity index (χ1v) is 14.2. The molecule has 3 aromatic rings. The van der Waals surface area contributed by atoms with E-state index in [1.807, 2.05) is 0 Å². The van der Waals surface area contributed by atoms with Crippen LogP contribution in [0.2, 0.25) is 0 Å². The van der Waals surface area contributed by atoms with E-state index < -0.39 is 20.0 Å². The number of hydrogen-bond acceptors (Lipinski definition) is 6. The molecular formula is C24H29N3O5S2. The van der Waals surface area contributed by atoms with E-state index >= 15 is 0 Å². The minimum absolute atomic E-state index is 0.00857. The lowest BCUT2D eigenvalue weighted by Gasteiger charge is -2.30. The monoisotopic (exact) mass is 503 g/mol. The van der Waals surface area contributed by atoms with Gasteiger partial charge >= 0.3 is 0 Å². The second-order valence-electron chi connectivity index (χ2n) is 8.46. The average molecular weight is 504 g/mol. The van der Waals surface area contributed by atoms with Crippen LogP contribution in [0.5, 0.6) is 0 Å². The van der Waals surface area contributed by atoms with Crippen LogP contribution >= 0.6 is 0 Å². The van der Waals surface area contributed by atoms with Gasteiger partial charge in [-0.3, -0.25) is 4.98 Å². The van der Waals surface area contributed by atoms with Crippen LogP contribution in [0.1, 0.15) is 43.6 Å². The zero-order chi connectivity index (χ0) is 24.2. The second kappa shape index (κ2) is 10.4. The van der Waals surface area contributed by atoms with E-state index in [-0.39, 0.29) is 28.9 Å². The summed E-state index contributed by atoms with van der Waals surface area (Å²) >= 11 is 0. The van der Waals surface area contributed by atoms with Gasteiger partial charge in [0.2, 0.25) is 20.0 Å². The smallest absolute Gasteiger partial charge is 0.243 e. The minimum atomic E-state index is -3.95. The molecule has 8 nitrogen and oxygen atoms in total. The van der Waals surface area contributed by atoms with Gasteiger partial charge in [-0.15, -0.1) is 0 Å². The molecule has 0 N–H and O–H groups in total. The van der Waals surface area contributed by atoms with Gasteiger partial charge in [0.15, 0.2) is 0 Å². The summed E-state index contributed by atoms with van der Waals surface area (Å²) in [6, 6.07) is 14.1. The molecule has 0 spiro atoms. The Morgan fingerprint density at radius 1 is 0.853 bits per heavy atom. The molecule has 0 amide bonds. The third-order valence-electron chi connectivity index (χ3n) is 6.20. The fourth-order valence-corrected chi connectivity index (χ4v) is 7.01. The number of sulfonamides is 2. The van der Waals surface area contributed by atoms with Crippen molar-refractivity contribution in [2.45, 2.75) is 61.0 Å². The highest BCUT2D eigenvalue weighted by Crippen LogP contribution is 2.28. The zero-order valence-corrected chi connectivity index (χ0v) is 20.7. The Kier molecular flexibility index (Phi) is 7.51. The molecule has 0 atom stereocenters. The van der Waals surface area contributed by atoms with Crippen molar-refractivity contribution in [3.05, 3.63) is 78.5 Å². The highest BCUT2D eigenvalue weighted by molar-refractivity contribution is 7.89. The van der Waals surface area contributed by atoms with Gasteiger partial charge in [-0.25, -0.2) is 16.8 Å². The molecule has 0 aliphatic heterocycles. The Bertz CT molecular complexity index is 1270. The molecule has 10 heteroatoms. The van der Waals surface area contributed by atoms with Gasteiger partial charge in [-0.05, 0) is 61.4 Å². The van der Waals surface area contributed by atoms with E-state index in [2.05, 4.69) is 4.98 Å². The third kappa shape index (κ3) is 5.41. The van der Waals surface area contributed by atoms with E-state index in [1.54, 1.807) is 43.6 Å². The van der Waals surface area contributed by atoms with E-state index in [1.165, 1.54) is 39.1 Å². The maximum absolute atomic E-state index is 13.5. The number of rotatable bonds is 9. The first-order valence-electron chi connectivity index (χ1n) is 11.3. The lowest BCUT2D eigenvalue weighted by molar-refractivity contribution is 0.286. The van der Waals surface area contributed by atoms with Gasteiger partial charge < -0.3 is 4.42 Å². The van der Waals surface area contributed by atoms with Crippen molar-refractivity contribution in [3.63, 3.8) is 0 Å². The summed E-state index contributed by atoms with van der Waals surface area (Å²) in [5, 5.41) is 0. The highest BCUT2D eigenvalue weighted by atomic mass is 32.2. The highest BCUT2D eigenvalue weighted by Gasteiger charge is 2.30. The minimum Gasteiger partial charge on any atom is -0.468 e. The average Bonchev–Trinajstić information content (AvgIpc) is 3.38. The van der Waals surface area contributed by atoms with Gasteiger partial charge in [0.25, 0.3) is 0 Å². The molecule has 0 bridgehead atoms. The summed E-state index contributed by atoms with van der Waals surface area (Å²) in [6.07, 6.45) is 7.95. The van der Waals surface area contributed by atoms with Crippen molar-refractivity contribution in [1.29, 1.82) is 0 Å². The van der Waals surface area contributed by atoms with E-state index in [0.29, 0.717) is 11.5 Å². The summed E-state index contributed by atoms with van der Waals surface area (Å²) in [5.41, 5.74) is 0.589. The van der Waals surface area contributed by atoms with Gasteiger partial charge in [0.05, 0.1) is 34.8 Å². The van der Waals surface area contributed by atoms with E-state index in [4.69, 9.17) is 4.42 Å². The lowest BCUT2D eigenvalue weighted by atomic mass is 9.96. The number of furan rings is 1. The van der Waals surface area contributed by atoms with Crippen LogP contribution < -0.4 is 0 Å². The molecule has 1 aromatic carbocycles. The summed E-state index contributed by atoms with van der Waals surface area (Å²) in [7, 11) is -6.06. The topological polar surface area (TPSA) is 101 Å². The molecule has 34 heavy (non-hydrogen) atoms. The normalized spacial score (nSPS) is 15.7. The largest absolute Gasteiger partial charge is 0.468 e. The van der Waals surface area contributed by atoms with Crippen molar-refractivity contribution in [2.75, 3.05) is 7.05 Å². The van der Waals surface area contributed by atoms with E-state index in [9.17, 15) is 16.8 Å². The van der Waals surface area contributed by atoms with Crippen molar-refractivity contribution in [2.24, 2.45) is 0 Å². The van der Waals surface area contributed by atoms with Crippen LogP contribution in [0.15, 0.2) is 81.3 Å². The summed E-state index contributed by atoms with van der Waals surface area (Å²) in [4.78, 5) is 4.34. The molecule has 182 valence electrons. The van der Waals surface area contributed by atoms with Crippen molar-refractivity contribution < 1.29 is 21.3 Å². The quantitative estimate of drug-likeness (QED) is 0.437. The molecule has 4 rings (SSSR count). The van der Waals surface area contributed by atoms with Gasteiger partial charge in [-0.1, -0.05) is 25.3 Å². The standard InChI is InChI=1S/C24H29N3O5S2/c1-26(21-9-3-2-4-10-21)33(28,29)23-12-14-24(15-13-23)34(30,31)27(19-22-11-7-17-32-22)18-20-8-5-6-16-25-20/h5-8,11-17,21H,2-4,9-10,18-19H2,1H3. The fourth-order valence-electron chi connectivity index (χ4n) is 4.21. The molecule has 1 aliphatic rings. The van der Waals surface area contributed by atoms with Crippen molar-refractivity contribution >= 4 is 20.0 Å². The SMILES string of the molecule is CN(C1CCCCC1)S(=O)(=O)c1ccc(S(=O)(=O)N(Cc2ccccn2)Cc2ccco2)cc1. The maximum Gasteiger partial charge on any atom is 0.243 e. The molecule has 2 heterocycles. The number of hydrogen-bond donors (Lipinski definition) is 0. The molecular weight excluding hydrogens is 474 g/mol. The van der Waals surface area contributed by atoms with Gasteiger partial charge in [-0.2, -0.15) is 8.61 Å². The number of nitrogens with zero attached hydrogens (tertiary/aromatic N) is 3. The number of aromatic nitrogens is 1. The van der Waals surface area contributed by atoms with Crippen LogP contribution in [-0.4, -0.2) is 43.5 Å². The summed E-state index contributed by atoms with van der Waals surface area (Å²) < 4.78 is 61.3. The Labute approximate surface area is 201 Å². The molecule has 0 saturated heterocycles. The molecule has 0 unspecified atom stereocenters. The molecule has 2 aromatic heterocycles. The zero-order valence-electron chi connectivity index (χ0n) is 19.1. The summed E-state index contributed by atoms with van der Waals surface area (Å²) in [5.74, 6) is 0.493. The molecule has 1 fully saturated rings. The Balaban J connectivity index is 1.59. The number of benzene rings is 1. The van der Waals surface area contributed by atoms with Crippen LogP contribution in [0.4, 0.5) is 0 Å². The first kappa shape index (κ1) is 24.6. The second-order valence-corrected chi connectivity index (χ2v) is 12.4. The molecule has 0 radical (unpaired) electrons. The van der Waals surface area contributed by atoms with Crippen molar-refractivity contribution in [3.8, 4) is 0 Å². The Morgan fingerprint density at radius 3 is 2.12 bits per heavy atom. The Morgan fingerprint density at radius 2 is 1.53 bits per heavy atom. The van der Waals surface area contributed by atoms with Crippen molar-refractivity contribution in [1.82, 2.24) is 13.6 Å². The maximum atomic E-state index is 13.5. The van der Waals surface area contributed by atoms with Crippen LogP contribution in [0, 0.1) is 0 Å². The van der Waals surface area contributed by atoms with Crippen LogP contribution in [0.25, 0.3) is 0 Å². The van der Waals surface area contributed by atoms with Gasteiger partial charge in [0, 0.05) is 19.3 Å². The number of pyridine rings is 1.